The van der Waals surface area contributed by atoms with E-state index in [1.54, 1.807) is 6.07 Å². The third-order valence-corrected chi connectivity index (χ3v) is 9.19. The van der Waals surface area contributed by atoms with Crippen molar-refractivity contribution < 1.29 is 23.5 Å². The molecule has 3 aliphatic rings. The molecule has 9 heteroatoms. The fourth-order valence-corrected chi connectivity index (χ4v) is 6.91. The van der Waals surface area contributed by atoms with Crippen molar-refractivity contribution >= 4 is 23.5 Å². The molecule has 1 aromatic carbocycles. The smallest absolute Gasteiger partial charge is 0.304 e. The molecule has 0 aromatic heterocycles. The number of nitrogens with one attached hydrogen (secondary N) is 1. The first kappa shape index (κ1) is 28.2. The van der Waals surface area contributed by atoms with Crippen LogP contribution < -0.4 is 5.32 Å². The number of halogens is 3. The van der Waals surface area contributed by atoms with Crippen molar-refractivity contribution in [1.29, 1.82) is 0 Å². The number of aliphatic carboxylic acids is 1. The zero-order chi connectivity index (χ0) is 26.6. The monoisotopic (exact) mass is 539 g/mol. The van der Waals surface area contributed by atoms with E-state index >= 15 is 0 Å². The summed E-state index contributed by atoms with van der Waals surface area (Å²) in [5.74, 6) is -0.721. The molecule has 2 saturated heterocycles. The minimum Gasteiger partial charge on any atom is -0.481 e. The van der Waals surface area contributed by atoms with E-state index in [-0.39, 0.29) is 48.0 Å². The predicted molar refractivity (Wildman–Crippen MR) is 140 cm³/mol. The molecule has 6 nitrogen and oxygen atoms in total. The second-order valence-corrected chi connectivity index (χ2v) is 11.9. The van der Waals surface area contributed by atoms with E-state index in [9.17, 15) is 23.5 Å². The Hall–Kier alpha value is -1.77. The maximum atomic E-state index is 13.7. The highest BCUT2D eigenvalue weighted by atomic mass is 35.5. The van der Waals surface area contributed by atoms with Crippen LogP contribution in [0.1, 0.15) is 75.8 Å². The number of carboxylic acid groups (broad SMARTS) is 1. The summed E-state index contributed by atoms with van der Waals surface area (Å²) in [4.78, 5) is 29.9. The van der Waals surface area contributed by atoms with Crippen molar-refractivity contribution in [3.05, 3.63) is 34.3 Å². The molecule has 2 heterocycles. The van der Waals surface area contributed by atoms with Crippen LogP contribution in [0, 0.1) is 17.3 Å². The second-order valence-electron chi connectivity index (χ2n) is 11.5. The highest BCUT2D eigenvalue weighted by molar-refractivity contribution is 6.31. The molecule has 0 bridgehead atoms. The molecule has 4 rings (SSSR count). The molecule has 1 aliphatic carbocycles. The van der Waals surface area contributed by atoms with Crippen LogP contribution in [-0.4, -0.2) is 65.5 Å². The van der Waals surface area contributed by atoms with Crippen LogP contribution in [0.5, 0.6) is 0 Å². The van der Waals surface area contributed by atoms with Gasteiger partial charge in [-0.25, -0.2) is 8.78 Å². The highest BCUT2D eigenvalue weighted by Gasteiger charge is 2.51. The molecule has 1 aromatic rings. The summed E-state index contributed by atoms with van der Waals surface area (Å²) in [6.07, 6.45) is 5.41. The summed E-state index contributed by atoms with van der Waals surface area (Å²) >= 11 is 6.27. The molecular formula is C28H40ClF2N3O3. The highest BCUT2D eigenvalue weighted by Crippen LogP contribution is 2.41. The van der Waals surface area contributed by atoms with Crippen LogP contribution in [0.15, 0.2) is 18.2 Å². The third kappa shape index (κ3) is 6.82. The summed E-state index contributed by atoms with van der Waals surface area (Å²) in [5.41, 5.74) is -0.902. The van der Waals surface area contributed by atoms with Crippen molar-refractivity contribution in [3.63, 3.8) is 0 Å². The molecule has 2 atom stereocenters. The number of carbonyl (C=O) groups is 2. The number of hydrogen-bond acceptors (Lipinski definition) is 4. The van der Waals surface area contributed by atoms with Crippen LogP contribution in [0.4, 0.5) is 8.78 Å². The van der Waals surface area contributed by atoms with Gasteiger partial charge in [-0.2, -0.15) is 0 Å². The van der Waals surface area contributed by atoms with Gasteiger partial charge in [0, 0.05) is 55.9 Å². The quantitative estimate of drug-likeness (QED) is 0.442. The van der Waals surface area contributed by atoms with E-state index in [4.69, 9.17) is 11.6 Å². The number of alkyl halides is 2. The lowest BCUT2D eigenvalue weighted by molar-refractivity contribution is -0.147. The van der Waals surface area contributed by atoms with Gasteiger partial charge in [0.2, 0.25) is 5.91 Å². The van der Waals surface area contributed by atoms with E-state index in [1.165, 1.54) is 44.2 Å². The Balaban J connectivity index is 1.39. The van der Waals surface area contributed by atoms with Crippen LogP contribution in [0.3, 0.4) is 0 Å². The van der Waals surface area contributed by atoms with Gasteiger partial charge >= 0.3 is 5.97 Å². The lowest BCUT2D eigenvalue weighted by atomic mass is 9.75. The molecule has 0 unspecified atom stereocenters. The van der Waals surface area contributed by atoms with Crippen molar-refractivity contribution in [2.45, 2.75) is 77.3 Å². The first-order valence-corrected chi connectivity index (χ1v) is 14.1. The number of likely N-dealkylation sites (tertiary alicyclic amines) is 2. The van der Waals surface area contributed by atoms with E-state index in [0.717, 1.165) is 38.4 Å². The van der Waals surface area contributed by atoms with Gasteiger partial charge in [-0.3, -0.25) is 14.5 Å². The van der Waals surface area contributed by atoms with Crippen molar-refractivity contribution in [2.75, 3.05) is 32.7 Å². The molecule has 1 saturated carbocycles. The number of benzene rings is 1. The topological polar surface area (TPSA) is 72.9 Å². The number of hydrogen-bond donors (Lipinski definition) is 2. The second kappa shape index (κ2) is 12.4. The summed E-state index contributed by atoms with van der Waals surface area (Å²) in [6.45, 7) is 5.69. The SMILES string of the molecule is C[C@@H]1CN(Cc2c(Cl)cccc2C(F)F)C[C@]1(CC(=O)O)C(=O)NC1CCN(CC2CCCCC2)CC1. The third-order valence-electron chi connectivity index (χ3n) is 8.84. The summed E-state index contributed by atoms with van der Waals surface area (Å²) in [5, 5.41) is 13.2. The first-order valence-electron chi connectivity index (χ1n) is 13.7. The summed E-state index contributed by atoms with van der Waals surface area (Å²) < 4.78 is 27.2. The van der Waals surface area contributed by atoms with E-state index in [2.05, 4.69) is 10.2 Å². The molecular weight excluding hydrogens is 500 g/mol. The van der Waals surface area contributed by atoms with Crippen molar-refractivity contribution in [1.82, 2.24) is 15.1 Å². The normalized spacial score (nSPS) is 26.6. The van der Waals surface area contributed by atoms with Gasteiger partial charge < -0.3 is 15.3 Å². The van der Waals surface area contributed by atoms with Gasteiger partial charge in [0.1, 0.15) is 0 Å². The standard InChI is InChI=1S/C28H40ClF2N3O3/c1-19-15-34(17-23-22(26(30)31)8-5-9-24(23)29)18-28(19,14-25(35)36)27(37)32-21-10-12-33(13-11-21)16-20-6-3-2-4-7-20/h5,8-9,19-21,26H,2-4,6-7,10-18H2,1H3,(H,32,37)(H,35,36)/t19-,28+/m1/s1. The molecule has 2 N–H and O–H groups in total. The fraction of sp³-hybridized carbons (Fsp3) is 0.714. The van der Waals surface area contributed by atoms with E-state index in [1.807, 2.05) is 11.8 Å². The van der Waals surface area contributed by atoms with Gasteiger partial charge in [0.05, 0.1) is 11.8 Å². The molecule has 1 amide bonds. The van der Waals surface area contributed by atoms with Gasteiger partial charge in [0.25, 0.3) is 6.43 Å². The number of piperidine rings is 1. The maximum Gasteiger partial charge on any atom is 0.304 e. The molecule has 206 valence electrons. The van der Waals surface area contributed by atoms with Gasteiger partial charge in [-0.05, 0) is 49.1 Å². The Morgan fingerprint density at radius 2 is 1.84 bits per heavy atom. The molecule has 0 radical (unpaired) electrons. The summed E-state index contributed by atoms with van der Waals surface area (Å²) in [6, 6.07) is 4.47. The lowest BCUT2D eigenvalue weighted by Gasteiger charge is -2.37. The van der Waals surface area contributed by atoms with Crippen LogP contribution in [-0.2, 0) is 16.1 Å². The van der Waals surface area contributed by atoms with Crippen LogP contribution >= 0.6 is 11.6 Å². The van der Waals surface area contributed by atoms with E-state index < -0.39 is 17.8 Å². The molecule has 0 spiro atoms. The number of rotatable bonds is 9. The largest absolute Gasteiger partial charge is 0.481 e. The van der Waals surface area contributed by atoms with Gasteiger partial charge in [-0.1, -0.05) is 49.9 Å². The number of carboxylic acids is 1. The minimum atomic E-state index is -2.66. The Bertz CT molecular complexity index is 951. The zero-order valence-corrected chi connectivity index (χ0v) is 22.5. The Morgan fingerprint density at radius 3 is 2.49 bits per heavy atom. The zero-order valence-electron chi connectivity index (χ0n) is 21.7. The molecule has 37 heavy (non-hydrogen) atoms. The molecule has 3 fully saturated rings. The maximum absolute atomic E-state index is 13.7. The minimum absolute atomic E-state index is 0.0241. The predicted octanol–water partition coefficient (Wildman–Crippen LogP) is 5.35. The van der Waals surface area contributed by atoms with Crippen LogP contribution in [0.2, 0.25) is 5.02 Å². The van der Waals surface area contributed by atoms with Gasteiger partial charge in [-0.15, -0.1) is 0 Å². The number of carbonyl (C=O) groups excluding carboxylic acids is 1. The van der Waals surface area contributed by atoms with Crippen molar-refractivity contribution in [2.24, 2.45) is 17.3 Å². The van der Waals surface area contributed by atoms with E-state index in [0.29, 0.717) is 12.1 Å². The average Bonchev–Trinajstić information content (AvgIpc) is 3.17. The Morgan fingerprint density at radius 1 is 1.14 bits per heavy atom. The van der Waals surface area contributed by atoms with Gasteiger partial charge in [0.15, 0.2) is 0 Å². The fourth-order valence-electron chi connectivity index (χ4n) is 6.67. The van der Waals surface area contributed by atoms with Crippen molar-refractivity contribution in [3.8, 4) is 0 Å². The Kier molecular flexibility index (Phi) is 9.46. The Labute approximate surface area is 223 Å². The lowest BCUT2D eigenvalue weighted by Crippen LogP contribution is -2.53. The average molecular weight is 540 g/mol. The number of nitrogens with zero attached hydrogens (tertiary/aromatic N) is 2. The first-order chi connectivity index (χ1) is 17.7. The molecule has 2 aliphatic heterocycles. The summed E-state index contributed by atoms with van der Waals surface area (Å²) in [7, 11) is 0. The van der Waals surface area contributed by atoms with Crippen LogP contribution in [0.25, 0.3) is 0 Å². The number of amides is 1.